The van der Waals surface area contributed by atoms with Gasteiger partial charge >= 0.3 is 0 Å². The lowest BCUT2D eigenvalue weighted by Gasteiger charge is -2.13. The van der Waals surface area contributed by atoms with Crippen LogP contribution in [0.25, 0.3) is 0 Å². The highest BCUT2D eigenvalue weighted by Crippen LogP contribution is 2.24. The van der Waals surface area contributed by atoms with E-state index in [2.05, 4.69) is 10.0 Å². The Kier molecular flexibility index (Phi) is 8.50. The second kappa shape index (κ2) is 10.6. The number of anilines is 1. The van der Waals surface area contributed by atoms with Crippen LogP contribution in [0.1, 0.15) is 30.6 Å². The van der Waals surface area contributed by atoms with Crippen molar-refractivity contribution in [3.63, 3.8) is 0 Å². The number of sulfonamides is 1. The lowest BCUT2D eigenvalue weighted by molar-refractivity contribution is 0.102. The standard InChI is InChI=1S/C20H26N2O4S2/c1-4-15(2)22-28(24,25)17-11-9-16(10-12-17)21-20(23)18-7-5-6-8-19(18)27-14-13-26-3/h5-12,15,22H,4,13-14H2,1-3H3,(H,21,23)/t15-/m0/s1. The van der Waals surface area contributed by atoms with Crippen LogP contribution in [0.4, 0.5) is 5.69 Å². The number of carbonyl (C=O) groups is 1. The van der Waals surface area contributed by atoms with E-state index < -0.39 is 10.0 Å². The Balaban J connectivity index is 2.09. The highest BCUT2D eigenvalue weighted by atomic mass is 32.2. The van der Waals surface area contributed by atoms with Crippen molar-refractivity contribution in [1.29, 1.82) is 0 Å². The van der Waals surface area contributed by atoms with E-state index in [1.54, 1.807) is 37.1 Å². The molecule has 2 aromatic carbocycles. The number of hydrogen-bond acceptors (Lipinski definition) is 5. The van der Waals surface area contributed by atoms with E-state index in [1.807, 2.05) is 32.0 Å². The molecule has 0 fully saturated rings. The number of rotatable bonds is 10. The molecule has 0 aromatic heterocycles. The topological polar surface area (TPSA) is 84.5 Å². The molecule has 0 bridgehead atoms. The summed E-state index contributed by atoms with van der Waals surface area (Å²) in [7, 11) is -1.93. The molecule has 1 amide bonds. The first-order valence-electron chi connectivity index (χ1n) is 9.02. The Labute approximate surface area is 171 Å². The lowest BCUT2D eigenvalue weighted by Crippen LogP contribution is -2.31. The molecule has 0 heterocycles. The van der Waals surface area contributed by atoms with Gasteiger partial charge in [-0.2, -0.15) is 0 Å². The molecule has 0 aliphatic heterocycles. The average Bonchev–Trinajstić information content (AvgIpc) is 2.68. The molecular weight excluding hydrogens is 396 g/mol. The van der Waals surface area contributed by atoms with E-state index in [9.17, 15) is 13.2 Å². The van der Waals surface area contributed by atoms with Gasteiger partial charge in [0.15, 0.2) is 0 Å². The third-order valence-corrected chi connectivity index (χ3v) is 6.71. The monoisotopic (exact) mass is 422 g/mol. The van der Waals surface area contributed by atoms with Gasteiger partial charge in [-0.25, -0.2) is 13.1 Å². The Morgan fingerprint density at radius 1 is 1.14 bits per heavy atom. The molecule has 152 valence electrons. The summed E-state index contributed by atoms with van der Waals surface area (Å²) in [6.07, 6.45) is 0.704. The van der Waals surface area contributed by atoms with E-state index >= 15 is 0 Å². The molecule has 0 saturated heterocycles. The molecule has 8 heteroatoms. The summed E-state index contributed by atoms with van der Waals surface area (Å²) in [6, 6.07) is 13.4. The summed E-state index contributed by atoms with van der Waals surface area (Å²) in [5, 5.41) is 2.82. The lowest BCUT2D eigenvalue weighted by atomic mass is 10.2. The molecule has 0 radical (unpaired) electrons. The van der Waals surface area contributed by atoms with Gasteiger partial charge in [-0.05, 0) is 49.7 Å². The predicted molar refractivity (Wildman–Crippen MR) is 114 cm³/mol. The second-order valence-corrected chi connectivity index (χ2v) is 9.10. The smallest absolute Gasteiger partial charge is 0.256 e. The number of amides is 1. The maximum absolute atomic E-state index is 12.6. The molecular formula is C20H26N2O4S2. The van der Waals surface area contributed by atoms with Crippen molar-refractivity contribution < 1.29 is 17.9 Å². The van der Waals surface area contributed by atoms with Gasteiger partial charge in [0, 0.05) is 29.5 Å². The van der Waals surface area contributed by atoms with Gasteiger partial charge in [0.1, 0.15) is 0 Å². The first kappa shape index (κ1) is 22.4. The molecule has 0 unspecified atom stereocenters. The molecule has 0 spiro atoms. The zero-order valence-corrected chi connectivity index (χ0v) is 17.9. The molecule has 2 rings (SSSR count). The van der Waals surface area contributed by atoms with Crippen molar-refractivity contribution in [1.82, 2.24) is 4.72 Å². The van der Waals surface area contributed by atoms with E-state index in [0.29, 0.717) is 24.3 Å². The van der Waals surface area contributed by atoms with Crippen LogP contribution < -0.4 is 10.0 Å². The number of nitrogens with one attached hydrogen (secondary N) is 2. The fourth-order valence-electron chi connectivity index (χ4n) is 2.35. The van der Waals surface area contributed by atoms with Crippen molar-refractivity contribution >= 4 is 33.4 Å². The molecule has 0 aliphatic carbocycles. The van der Waals surface area contributed by atoms with Gasteiger partial charge in [0.25, 0.3) is 5.91 Å². The van der Waals surface area contributed by atoms with Gasteiger partial charge in [0.2, 0.25) is 10.0 Å². The Morgan fingerprint density at radius 2 is 1.82 bits per heavy atom. The van der Waals surface area contributed by atoms with Crippen molar-refractivity contribution in [2.24, 2.45) is 0 Å². The molecule has 28 heavy (non-hydrogen) atoms. The van der Waals surface area contributed by atoms with Crippen LogP contribution in [0, 0.1) is 0 Å². The van der Waals surface area contributed by atoms with Crippen molar-refractivity contribution in [3.8, 4) is 0 Å². The minimum atomic E-state index is -3.57. The summed E-state index contributed by atoms with van der Waals surface area (Å²) in [5.74, 6) is 0.505. The summed E-state index contributed by atoms with van der Waals surface area (Å²) in [6.45, 7) is 4.33. The Morgan fingerprint density at radius 3 is 2.46 bits per heavy atom. The van der Waals surface area contributed by atoms with Crippen LogP contribution in [0.5, 0.6) is 0 Å². The number of methoxy groups -OCH3 is 1. The van der Waals surface area contributed by atoms with Gasteiger partial charge in [0.05, 0.1) is 17.1 Å². The van der Waals surface area contributed by atoms with Gasteiger partial charge < -0.3 is 10.1 Å². The van der Waals surface area contributed by atoms with Crippen LogP contribution >= 0.6 is 11.8 Å². The van der Waals surface area contributed by atoms with E-state index in [0.717, 1.165) is 10.6 Å². The SMILES string of the molecule is CC[C@H](C)NS(=O)(=O)c1ccc(NC(=O)c2ccccc2SCCOC)cc1. The zero-order chi connectivity index (χ0) is 20.6. The fraction of sp³-hybridized carbons (Fsp3) is 0.350. The maximum atomic E-state index is 12.6. The number of ether oxygens (including phenoxy) is 1. The summed E-state index contributed by atoms with van der Waals surface area (Å²) < 4.78 is 32.3. The Hall–Kier alpha value is -1.87. The molecule has 6 nitrogen and oxygen atoms in total. The van der Waals surface area contributed by atoms with Crippen molar-refractivity contribution in [2.45, 2.75) is 36.1 Å². The third-order valence-electron chi connectivity index (χ3n) is 4.07. The number of thioether (sulfide) groups is 1. The first-order chi connectivity index (χ1) is 13.4. The van der Waals surface area contributed by atoms with Crippen LogP contribution in [0.2, 0.25) is 0 Å². The van der Waals surface area contributed by atoms with E-state index in [4.69, 9.17) is 4.74 Å². The first-order valence-corrected chi connectivity index (χ1v) is 11.5. The number of carbonyl (C=O) groups excluding carboxylic acids is 1. The number of hydrogen-bond donors (Lipinski definition) is 2. The van der Waals surface area contributed by atoms with E-state index in [1.165, 1.54) is 12.1 Å². The van der Waals surface area contributed by atoms with Crippen LogP contribution in [0.3, 0.4) is 0 Å². The molecule has 2 N–H and O–H groups in total. The van der Waals surface area contributed by atoms with Gasteiger partial charge in [-0.3, -0.25) is 4.79 Å². The molecule has 0 saturated carbocycles. The summed E-state index contributed by atoms with van der Waals surface area (Å²) >= 11 is 1.55. The summed E-state index contributed by atoms with van der Waals surface area (Å²) in [5.41, 5.74) is 1.10. The molecule has 1 atom stereocenters. The van der Waals surface area contributed by atoms with Crippen molar-refractivity contribution in [3.05, 3.63) is 54.1 Å². The second-order valence-electron chi connectivity index (χ2n) is 6.25. The molecule has 0 aliphatic rings. The number of benzene rings is 2. The largest absolute Gasteiger partial charge is 0.384 e. The third kappa shape index (κ3) is 6.34. The minimum Gasteiger partial charge on any atom is -0.384 e. The predicted octanol–water partition coefficient (Wildman–Crippen LogP) is 3.75. The van der Waals surface area contributed by atoms with Gasteiger partial charge in [-0.15, -0.1) is 11.8 Å². The molecule has 2 aromatic rings. The van der Waals surface area contributed by atoms with Crippen LogP contribution in [-0.2, 0) is 14.8 Å². The average molecular weight is 423 g/mol. The zero-order valence-electron chi connectivity index (χ0n) is 16.3. The Bertz CT molecular complexity index is 883. The highest BCUT2D eigenvalue weighted by molar-refractivity contribution is 7.99. The summed E-state index contributed by atoms with van der Waals surface area (Å²) in [4.78, 5) is 13.7. The quantitative estimate of drug-likeness (QED) is 0.450. The minimum absolute atomic E-state index is 0.142. The highest BCUT2D eigenvalue weighted by Gasteiger charge is 2.17. The van der Waals surface area contributed by atoms with Crippen LogP contribution in [-0.4, -0.2) is 39.8 Å². The maximum Gasteiger partial charge on any atom is 0.256 e. The van der Waals surface area contributed by atoms with Crippen LogP contribution in [0.15, 0.2) is 58.3 Å². The van der Waals surface area contributed by atoms with Crippen molar-refractivity contribution in [2.75, 3.05) is 24.8 Å². The van der Waals surface area contributed by atoms with Gasteiger partial charge in [-0.1, -0.05) is 19.1 Å². The van der Waals surface area contributed by atoms with E-state index in [-0.39, 0.29) is 16.8 Å². The fourth-order valence-corrected chi connectivity index (χ4v) is 4.63. The normalized spacial score (nSPS) is 12.5.